The van der Waals surface area contributed by atoms with Gasteiger partial charge in [-0.2, -0.15) is 0 Å². The fraction of sp³-hybridized carbons (Fsp3) is 0.600. The molecule has 0 bridgehead atoms. The minimum Gasteiger partial charge on any atom is -0.490 e. The summed E-state index contributed by atoms with van der Waals surface area (Å²) in [5.41, 5.74) is 5.82. The van der Waals surface area contributed by atoms with E-state index >= 15 is 0 Å². The lowest BCUT2D eigenvalue weighted by Crippen LogP contribution is -2.04. The zero-order valence-electron chi connectivity index (χ0n) is 53.8. The molecule has 0 heterocycles. The van der Waals surface area contributed by atoms with Crippen molar-refractivity contribution in [3.63, 3.8) is 0 Å². The van der Waals surface area contributed by atoms with Crippen molar-refractivity contribution in [1.82, 2.24) is 0 Å². The highest BCUT2D eigenvalue weighted by Crippen LogP contribution is 2.33. The fourth-order valence-electron chi connectivity index (χ4n) is 10.7. The second-order valence-corrected chi connectivity index (χ2v) is 23.6. The van der Waals surface area contributed by atoms with Crippen LogP contribution in [0.5, 0.6) is 23.0 Å². The van der Waals surface area contributed by atoms with Crippen LogP contribution in [0.3, 0.4) is 0 Å². The highest BCUT2D eigenvalue weighted by atomic mass is 16.5. The van der Waals surface area contributed by atoms with Crippen molar-refractivity contribution in [3.05, 3.63) is 118 Å². The van der Waals surface area contributed by atoms with Gasteiger partial charge in [0.1, 0.15) is 0 Å². The summed E-state index contributed by atoms with van der Waals surface area (Å²) in [6.45, 7) is 11.7. The van der Waals surface area contributed by atoms with Gasteiger partial charge in [-0.1, -0.05) is 318 Å². The molecule has 0 saturated carbocycles. The van der Waals surface area contributed by atoms with E-state index in [0.717, 1.165) is 82.7 Å². The molecule has 0 fully saturated rings. The van der Waals surface area contributed by atoms with Crippen molar-refractivity contribution in [2.24, 2.45) is 0 Å². The Labute approximate surface area is 515 Å². The van der Waals surface area contributed by atoms with Crippen LogP contribution in [-0.2, 0) is 0 Å². The molecule has 0 aromatic heterocycles. The molecule has 0 amide bonds. The van der Waals surface area contributed by atoms with Gasteiger partial charge in [0.2, 0.25) is 0 Å². The summed E-state index contributed by atoms with van der Waals surface area (Å²) in [7, 11) is 0. The van der Waals surface area contributed by atoms with Gasteiger partial charge in [-0.05, 0) is 62.1 Å². The van der Waals surface area contributed by atoms with Crippen LogP contribution in [0.2, 0.25) is 0 Å². The lowest BCUT2D eigenvalue weighted by molar-refractivity contribution is 0.258. The Morgan fingerprint density at radius 3 is 0.714 bits per heavy atom. The first kappa shape index (κ1) is 70.8. The predicted molar refractivity (Wildman–Crippen MR) is 361 cm³/mol. The van der Waals surface area contributed by atoms with Crippen LogP contribution >= 0.6 is 0 Å². The summed E-state index contributed by atoms with van der Waals surface area (Å²) < 4.78 is 26.1. The Morgan fingerprint density at radius 1 is 0.250 bits per heavy atom. The Hall–Kier alpha value is -5.68. The summed E-state index contributed by atoms with van der Waals surface area (Å²) in [5, 5.41) is 0. The molecule has 0 saturated heterocycles. The van der Waals surface area contributed by atoms with Crippen LogP contribution in [0.4, 0.5) is 0 Å². The molecular formula is C80H114O4. The topological polar surface area (TPSA) is 36.9 Å². The molecule has 458 valence electrons. The third-order valence-electron chi connectivity index (χ3n) is 16.0. The second-order valence-electron chi connectivity index (χ2n) is 23.6. The normalized spacial score (nSPS) is 10.8. The molecular weight excluding hydrogens is 1020 g/mol. The molecule has 0 aliphatic heterocycles. The molecule has 0 atom stereocenters. The lowest BCUT2D eigenvalue weighted by Gasteiger charge is -2.15. The summed E-state index contributed by atoms with van der Waals surface area (Å²) >= 11 is 0. The number of hydrogen-bond donors (Lipinski definition) is 0. The zero-order chi connectivity index (χ0) is 59.4. The minimum atomic E-state index is 0.641. The van der Waals surface area contributed by atoms with E-state index in [9.17, 15) is 0 Å². The molecule has 0 aliphatic carbocycles. The number of rotatable bonds is 48. The van der Waals surface area contributed by atoms with E-state index in [1.165, 1.54) is 225 Å². The predicted octanol–water partition coefficient (Wildman–Crippen LogP) is 23.1. The van der Waals surface area contributed by atoms with Crippen molar-refractivity contribution in [2.45, 2.75) is 285 Å². The second kappa shape index (κ2) is 49.6. The van der Waals surface area contributed by atoms with Crippen LogP contribution in [0.15, 0.2) is 78.9 Å². The molecule has 4 aromatic carbocycles. The smallest absolute Gasteiger partial charge is 0.162 e. The van der Waals surface area contributed by atoms with E-state index < -0.39 is 0 Å². The van der Waals surface area contributed by atoms with Crippen molar-refractivity contribution >= 4 is 0 Å². The monoisotopic (exact) mass is 1140 g/mol. The van der Waals surface area contributed by atoms with Crippen LogP contribution < -0.4 is 18.9 Å². The third kappa shape index (κ3) is 33.7. The molecule has 0 N–H and O–H groups in total. The summed E-state index contributed by atoms with van der Waals surface area (Å²) in [5.74, 6) is 26.4. The molecule has 4 aromatic rings. The van der Waals surface area contributed by atoms with Crippen LogP contribution in [0.1, 0.15) is 323 Å². The summed E-state index contributed by atoms with van der Waals surface area (Å²) in [6.07, 6.45) is 57.5. The first-order valence-electron chi connectivity index (χ1n) is 34.6. The highest BCUT2D eigenvalue weighted by Gasteiger charge is 2.14. The Morgan fingerprint density at radius 2 is 0.464 bits per heavy atom. The molecule has 0 aliphatic rings. The number of unbranched alkanes of at least 4 members (excludes halogenated alkanes) is 36. The first-order valence-corrected chi connectivity index (χ1v) is 34.6. The van der Waals surface area contributed by atoms with E-state index in [4.69, 9.17) is 25.4 Å². The van der Waals surface area contributed by atoms with Crippen molar-refractivity contribution in [3.8, 4) is 70.9 Å². The molecule has 4 rings (SSSR count). The number of hydrogen-bond acceptors (Lipinski definition) is 4. The number of terminal acetylenes is 1. The minimum absolute atomic E-state index is 0.641. The van der Waals surface area contributed by atoms with Gasteiger partial charge in [-0.15, -0.1) is 6.42 Å². The van der Waals surface area contributed by atoms with Gasteiger partial charge in [0.15, 0.2) is 23.0 Å². The molecule has 84 heavy (non-hydrogen) atoms. The third-order valence-corrected chi connectivity index (χ3v) is 16.0. The molecule has 0 unspecified atom stereocenters. The standard InChI is InChI=1S/C80H114O4/c1-6-11-15-19-23-27-31-35-39-46-62-81-77-66-73(10-5)74(67-78(77)82-63-47-40-36-32-28-24-20-16-12-7-2)59-57-71-52-54-72(55-53-71)58-61-76-69-80(84-65-49-42-38-34-30-26-22-18-14-9-4)79(68-75(76)60-56-70-50-44-43-45-51-70)83-64-48-41-37-33-29-25-21-17-13-8-3/h5,43-45,50-55,66-69H,6-9,11-42,46-49,62-65H2,1-4H3. The van der Waals surface area contributed by atoms with Crippen molar-refractivity contribution in [1.29, 1.82) is 0 Å². The van der Waals surface area contributed by atoms with Gasteiger partial charge in [0.25, 0.3) is 0 Å². The van der Waals surface area contributed by atoms with Gasteiger partial charge in [-0.3, -0.25) is 0 Å². The van der Waals surface area contributed by atoms with Crippen LogP contribution in [0.25, 0.3) is 0 Å². The maximum Gasteiger partial charge on any atom is 0.162 e. The molecule has 0 radical (unpaired) electrons. The fourth-order valence-corrected chi connectivity index (χ4v) is 10.7. The van der Waals surface area contributed by atoms with Crippen molar-refractivity contribution < 1.29 is 18.9 Å². The Kier molecular flexibility index (Phi) is 41.8. The molecule has 4 heteroatoms. The van der Waals surface area contributed by atoms with Gasteiger partial charge < -0.3 is 18.9 Å². The maximum atomic E-state index is 6.60. The van der Waals surface area contributed by atoms with Crippen molar-refractivity contribution in [2.75, 3.05) is 26.4 Å². The van der Waals surface area contributed by atoms with Gasteiger partial charge in [0.05, 0.1) is 26.4 Å². The summed E-state index contributed by atoms with van der Waals surface area (Å²) in [4.78, 5) is 0. The van der Waals surface area contributed by atoms with Crippen LogP contribution in [0, 0.1) is 47.9 Å². The zero-order valence-corrected chi connectivity index (χ0v) is 53.8. The number of ether oxygens (including phenoxy) is 4. The summed E-state index contributed by atoms with van der Waals surface area (Å²) in [6, 6.07) is 26.3. The van der Waals surface area contributed by atoms with Crippen LogP contribution in [-0.4, -0.2) is 26.4 Å². The van der Waals surface area contributed by atoms with E-state index in [1.807, 2.05) is 66.7 Å². The Balaban J connectivity index is 1.50. The van der Waals surface area contributed by atoms with E-state index in [2.05, 4.69) is 81.3 Å². The van der Waals surface area contributed by atoms with E-state index in [1.54, 1.807) is 0 Å². The SMILES string of the molecule is C#Cc1cc(OCCCCCCCCCCCC)c(OCCCCCCCCCCCC)cc1C#Cc1ccc(C#Cc2cc(OCCCCCCCCCCCC)c(OCCCCCCCCCCCC)cc2C#Cc2ccccc2)cc1. The number of benzene rings is 4. The maximum absolute atomic E-state index is 6.60. The average Bonchev–Trinajstić information content (AvgIpc) is 3.66. The molecule has 4 nitrogen and oxygen atoms in total. The average molecular weight is 1140 g/mol. The first-order chi connectivity index (χ1) is 41.6. The van der Waals surface area contributed by atoms with Gasteiger partial charge in [0, 0.05) is 63.2 Å². The Bertz CT molecular complexity index is 2510. The van der Waals surface area contributed by atoms with Gasteiger partial charge >= 0.3 is 0 Å². The largest absolute Gasteiger partial charge is 0.490 e. The quantitative estimate of drug-likeness (QED) is 0.0326. The van der Waals surface area contributed by atoms with E-state index in [0.29, 0.717) is 37.7 Å². The van der Waals surface area contributed by atoms with Gasteiger partial charge in [-0.25, -0.2) is 0 Å². The van der Waals surface area contributed by atoms with E-state index in [-0.39, 0.29) is 0 Å². The highest BCUT2D eigenvalue weighted by molar-refractivity contribution is 5.62. The molecule has 0 spiro atoms. The lowest BCUT2D eigenvalue weighted by atomic mass is 10.0.